The molecule has 0 saturated carbocycles. The van der Waals surface area contributed by atoms with Crippen LogP contribution in [0.3, 0.4) is 0 Å². The van der Waals surface area contributed by atoms with Crippen LogP contribution in [0.25, 0.3) is 0 Å². The van der Waals surface area contributed by atoms with Crippen LogP contribution in [-0.2, 0) is 20.2 Å². The van der Waals surface area contributed by atoms with Gasteiger partial charge >= 0.3 is 7.60 Å². The van der Waals surface area contributed by atoms with Crippen LogP contribution in [0.4, 0.5) is 0 Å². The Labute approximate surface area is 116 Å². The third-order valence-corrected chi connectivity index (χ3v) is 5.14. The lowest BCUT2D eigenvalue weighted by atomic mass is 10.1. The van der Waals surface area contributed by atoms with Gasteiger partial charge in [-0.05, 0) is 17.9 Å². The minimum Gasteiger partial charge on any atom is -0.311 e. The maximum Gasteiger partial charge on any atom is 0.346 e. The Kier molecular flexibility index (Phi) is 6.73. The maximum absolute atomic E-state index is 12.5. The van der Waals surface area contributed by atoms with E-state index in [1.165, 1.54) is 14.2 Å². The van der Waals surface area contributed by atoms with E-state index in [1.807, 2.05) is 30.3 Å². The van der Waals surface area contributed by atoms with Gasteiger partial charge in [-0.3, -0.25) is 9.88 Å². The quantitative estimate of drug-likeness (QED) is 0.741. The van der Waals surface area contributed by atoms with Gasteiger partial charge < -0.3 is 9.05 Å². The van der Waals surface area contributed by atoms with E-state index in [1.54, 1.807) is 0 Å². The molecule has 1 unspecified atom stereocenters. The van der Waals surface area contributed by atoms with Gasteiger partial charge in [-0.1, -0.05) is 44.2 Å². The molecule has 4 nitrogen and oxygen atoms in total. The summed E-state index contributed by atoms with van der Waals surface area (Å²) in [7, 11) is -0.229. The van der Waals surface area contributed by atoms with E-state index < -0.39 is 7.60 Å². The molecule has 0 fully saturated rings. The SMILES string of the molecule is COP(=O)(OC)C(CC(C)C)NCc1ccccc1. The first-order chi connectivity index (χ1) is 9.01. The Hall–Kier alpha value is -0.670. The van der Waals surface area contributed by atoms with Crippen LogP contribution in [-0.4, -0.2) is 20.0 Å². The van der Waals surface area contributed by atoms with Crippen molar-refractivity contribution in [1.82, 2.24) is 5.32 Å². The van der Waals surface area contributed by atoms with Crippen molar-refractivity contribution in [3.8, 4) is 0 Å². The molecule has 5 heteroatoms. The smallest absolute Gasteiger partial charge is 0.311 e. The molecular formula is C14H24NO3P. The van der Waals surface area contributed by atoms with E-state index in [2.05, 4.69) is 19.2 Å². The topological polar surface area (TPSA) is 47.6 Å². The summed E-state index contributed by atoms with van der Waals surface area (Å²) in [4.78, 5) is 0. The molecule has 1 rings (SSSR count). The van der Waals surface area contributed by atoms with Gasteiger partial charge in [0.25, 0.3) is 0 Å². The predicted octanol–water partition coefficient (Wildman–Crippen LogP) is 3.63. The van der Waals surface area contributed by atoms with E-state index in [9.17, 15) is 4.57 Å². The van der Waals surface area contributed by atoms with Crippen molar-refractivity contribution in [1.29, 1.82) is 0 Å². The van der Waals surface area contributed by atoms with Crippen LogP contribution in [0.15, 0.2) is 30.3 Å². The van der Waals surface area contributed by atoms with E-state index in [-0.39, 0.29) is 5.78 Å². The van der Waals surface area contributed by atoms with Crippen LogP contribution < -0.4 is 5.32 Å². The first-order valence-electron chi connectivity index (χ1n) is 6.50. The second kappa shape index (κ2) is 7.81. The highest BCUT2D eigenvalue weighted by Gasteiger charge is 2.33. The third-order valence-electron chi connectivity index (χ3n) is 2.97. The Morgan fingerprint density at radius 1 is 1.16 bits per heavy atom. The zero-order chi connectivity index (χ0) is 14.3. The molecule has 1 aromatic rings. The molecule has 0 heterocycles. The summed E-state index contributed by atoms with van der Waals surface area (Å²) in [5, 5.41) is 3.30. The molecule has 1 atom stereocenters. The van der Waals surface area contributed by atoms with Crippen LogP contribution in [0.1, 0.15) is 25.8 Å². The van der Waals surface area contributed by atoms with Crippen molar-refractivity contribution in [2.24, 2.45) is 5.92 Å². The lowest BCUT2D eigenvalue weighted by Crippen LogP contribution is -2.31. The highest BCUT2D eigenvalue weighted by atomic mass is 31.2. The first-order valence-corrected chi connectivity index (χ1v) is 8.11. The summed E-state index contributed by atoms with van der Waals surface area (Å²) in [6, 6.07) is 10.0. The van der Waals surface area contributed by atoms with Gasteiger partial charge in [-0.2, -0.15) is 0 Å². The zero-order valence-electron chi connectivity index (χ0n) is 12.1. The van der Waals surface area contributed by atoms with Gasteiger partial charge in [0.05, 0.1) is 0 Å². The second-order valence-electron chi connectivity index (χ2n) is 4.92. The van der Waals surface area contributed by atoms with E-state index in [0.29, 0.717) is 12.5 Å². The van der Waals surface area contributed by atoms with Gasteiger partial charge in [0.1, 0.15) is 5.78 Å². The van der Waals surface area contributed by atoms with Gasteiger partial charge in [0.2, 0.25) is 0 Å². The van der Waals surface area contributed by atoms with Crippen LogP contribution >= 0.6 is 7.60 Å². The summed E-state index contributed by atoms with van der Waals surface area (Å²) in [6.45, 7) is 4.83. The van der Waals surface area contributed by atoms with Crippen molar-refractivity contribution in [3.05, 3.63) is 35.9 Å². The van der Waals surface area contributed by atoms with Crippen molar-refractivity contribution < 1.29 is 13.6 Å². The van der Waals surface area contributed by atoms with Crippen LogP contribution in [0.2, 0.25) is 0 Å². The van der Waals surface area contributed by atoms with Gasteiger partial charge in [-0.15, -0.1) is 0 Å². The molecule has 0 spiro atoms. The summed E-state index contributed by atoms with van der Waals surface area (Å²) < 4.78 is 22.7. The normalized spacial score (nSPS) is 13.7. The number of benzene rings is 1. The van der Waals surface area contributed by atoms with Crippen molar-refractivity contribution in [3.63, 3.8) is 0 Å². The Balaban J connectivity index is 2.72. The number of rotatable bonds is 8. The Morgan fingerprint density at radius 3 is 2.21 bits per heavy atom. The largest absolute Gasteiger partial charge is 0.346 e. The van der Waals surface area contributed by atoms with Crippen LogP contribution in [0.5, 0.6) is 0 Å². The minimum absolute atomic E-state index is 0.289. The summed E-state index contributed by atoms with van der Waals surface area (Å²) in [6.07, 6.45) is 0.742. The summed E-state index contributed by atoms with van der Waals surface area (Å²) in [5.74, 6) is 0.120. The highest BCUT2D eigenvalue weighted by Crippen LogP contribution is 2.52. The Morgan fingerprint density at radius 2 is 1.74 bits per heavy atom. The van der Waals surface area contributed by atoms with Gasteiger partial charge in [0, 0.05) is 20.8 Å². The molecule has 0 bridgehead atoms. The number of hydrogen-bond acceptors (Lipinski definition) is 4. The second-order valence-corrected chi connectivity index (χ2v) is 7.35. The molecule has 0 aliphatic heterocycles. The van der Waals surface area contributed by atoms with E-state index >= 15 is 0 Å². The molecule has 1 N–H and O–H groups in total. The molecule has 108 valence electrons. The third kappa shape index (κ3) is 5.07. The molecule has 0 amide bonds. The van der Waals surface area contributed by atoms with Gasteiger partial charge in [-0.25, -0.2) is 0 Å². The lowest BCUT2D eigenvalue weighted by molar-refractivity contribution is 0.252. The fourth-order valence-electron chi connectivity index (χ4n) is 1.93. The molecular weight excluding hydrogens is 261 g/mol. The van der Waals surface area contributed by atoms with Crippen molar-refractivity contribution >= 4 is 7.60 Å². The fraction of sp³-hybridized carbons (Fsp3) is 0.571. The monoisotopic (exact) mass is 285 g/mol. The van der Waals surface area contributed by atoms with E-state index in [4.69, 9.17) is 9.05 Å². The van der Waals surface area contributed by atoms with Gasteiger partial charge in [0.15, 0.2) is 0 Å². The highest BCUT2D eigenvalue weighted by molar-refractivity contribution is 7.54. The minimum atomic E-state index is -3.09. The van der Waals surface area contributed by atoms with Crippen molar-refractivity contribution in [2.75, 3.05) is 14.2 Å². The number of hydrogen-bond donors (Lipinski definition) is 1. The lowest BCUT2D eigenvalue weighted by Gasteiger charge is -2.26. The summed E-state index contributed by atoms with van der Waals surface area (Å²) >= 11 is 0. The molecule has 19 heavy (non-hydrogen) atoms. The zero-order valence-corrected chi connectivity index (χ0v) is 13.0. The Bertz CT molecular complexity index is 400. The molecule has 0 aliphatic rings. The molecule has 0 saturated heterocycles. The molecule has 0 aromatic heterocycles. The number of nitrogens with one attached hydrogen (secondary N) is 1. The first kappa shape index (κ1) is 16.4. The molecule has 1 aromatic carbocycles. The fourth-order valence-corrected chi connectivity index (χ4v) is 3.58. The van der Waals surface area contributed by atoms with E-state index in [0.717, 1.165) is 12.0 Å². The summed E-state index contributed by atoms with van der Waals surface area (Å²) in [5.41, 5.74) is 1.15. The standard InChI is InChI=1S/C14H24NO3P/c1-12(2)10-14(19(16,17-3)18-4)15-11-13-8-6-5-7-9-13/h5-9,12,14-15H,10-11H2,1-4H3. The predicted molar refractivity (Wildman–Crippen MR) is 78.1 cm³/mol. The molecule has 0 radical (unpaired) electrons. The molecule has 0 aliphatic carbocycles. The van der Waals surface area contributed by atoms with Crippen molar-refractivity contribution in [2.45, 2.75) is 32.6 Å². The average molecular weight is 285 g/mol. The van der Waals surface area contributed by atoms with Crippen LogP contribution in [0, 0.1) is 5.92 Å². The maximum atomic E-state index is 12.5. The average Bonchev–Trinajstić information content (AvgIpc) is 2.43.